The third-order valence-electron chi connectivity index (χ3n) is 2.37. The van der Waals surface area contributed by atoms with E-state index in [0.29, 0.717) is 5.69 Å². The Morgan fingerprint density at radius 2 is 2.11 bits per heavy atom. The van der Waals surface area contributed by atoms with Gasteiger partial charge in [0.15, 0.2) is 0 Å². The highest BCUT2D eigenvalue weighted by atomic mass is 35.5. The van der Waals surface area contributed by atoms with E-state index in [-0.39, 0.29) is 21.7 Å². The number of halogens is 1. The summed E-state index contributed by atoms with van der Waals surface area (Å²) in [5.74, 6) is 0. The Labute approximate surface area is 114 Å². The van der Waals surface area contributed by atoms with Crippen molar-refractivity contribution < 1.29 is 12.6 Å². The lowest BCUT2D eigenvalue weighted by Gasteiger charge is -2.12. The van der Waals surface area contributed by atoms with Crippen molar-refractivity contribution in [3.63, 3.8) is 0 Å². The van der Waals surface area contributed by atoms with E-state index in [9.17, 15) is 12.6 Å². The van der Waals surface area contributed by atoms with Gasteiger partial charge in [-0.3, -0.25) is 4.21 Å². The third kappa shape index (κ3) is 3.94. The lowest BCUT2D eigenvalue weighted by atomic mass is 10.3. The number of nitrogen functional groups attached to an aromatic ring is 1. The van der Waals surface area contributed by atoms with Crippen LogP contribution in [-0.2, 0) is 20.8 Å². The summed E-state index contributed by atoms with van der Waals surface area (Å²) in [5.41, 5.74) is 5.84. The fraction of sp³-hybridized carbons (Fsp3) is 0.400. The second-order valence-corrected chi connectivity index (χ2v) is 7.80. The van der Waals surface area contributed by atoms with Crippen molar-refractivity contribution in [3.8, 4) is 0 Å². The number of hydrogen-bond acceptors (Lipinski definition) is 4. The van der Waals surface area contributed by atoms with E-state index in [4.69, 9.17) is 17.3 Å². The van der Waals surface area contributed by atoms with Gasteiger partial charge in [0.1, 0.15) is 4.90 Å². The molecule has 5 nitrogen and oxygen atoms in total. The van der Waals surface area contributed by atoms with Gasteiger partial charge in [-0.2, -0.15) is 0 Å². The molecule has 0 saturated heterocycles. The second-order valence-electron chi connectivity index (χ2n) is 3.85. The highest BCUT2D eigenvalue weighted by Gasteiger charge is 2.19. The maximum absolute atomic E-state index is 12.0. The predicted molar refractivity (Wildman–Crippen MR) is 74.6 cm³/mol. The molecule has 0 saturated carbocycles. The van der Waals surface area contributed by atoms with Crippen LogP contribution < -0.4 is 10.5 Å². The van der Waals surface area contributed by atoms with Crippen LogP contribution in [0.15, 0.2) is 23.1 Å². The molecule has 0 spiro atoms. The molecular formula is C10H15ClN2O3S2. The van der Waals surface area contributed by atoms with E-state index in [1.165, 1.54) is 24.5 Å². The number of nitrogens with one attached hydrogen (secondary N) is 1. The van der Waals surface area contributed by atoms with Crippen LogP contribution in [0.1, 0.15) is 6.92 Å². The van der Waals surface area contributed by atoms with Crippen molar-refractivity contribution in [1.82, 2.24) is 4.72 Å². The van der Waals surface area contributed by atoms with E-state index in [1.54, 1.807) is 6.92 Å². The van der Waals surface area contributed by atoms with Crippen molar-refractivity contribution in [2.24, 2.45) is 0 Å². The topological polar surface area (TPSA) is 89.3 Å². The fourth-order valence-electron chi connectivity index (χ4n) is 1.15. The zero-order valence-electron chi connectivity index (χ0n) is 10.0. The Kier molecular flexibility index (Phi) is 5.15. The zero-order valence-corrected chi connectivity index (χ0v) is 12.4. The molecule has 102 valence electrons. The van der Waals surface area contributed by atoms with Crippen LogP contribution >= 0.6 is 11.6 Å². The molecule has 1 aromatic rings. The SMILES string of the molecule is CC(CNS(=O)(=O)c1cc(N)ccc1Cl)S(C)=O. The number of hydrogen-bond donors (Lipinski definition) is 2. The molecule has 0 bridgehead atoms. The van der Waals surface area contributed by atoms with Crippen LogP contribution in [0.2, 0.25) is 5.02 Å². The molecule has 2 unspecified atom stereocenters. The second kappa shape index (κ2) is 6.01. The molecule has 3 N–H and O–H groups in total. The normalized spacial score (nSPS) is 15.3. The van der Waals surface area contributed by atoms with Gasteiger partial charge in [0.05, 0.1) is 5.02 Å². The van der Waals surface area contributed by atoms with E-state index < -0.39 is 20.8 Å². The van der Waals surface area contributed by atoms with Gasteiger partial charge in [-0.15, -0.1) is 0 Å². The van der Waals surface area contributed by atoms with Gasteiger partial charge in [0, 0.05) is 34.5 Å². The Hall–Kier alpha value is -0.630. The summed E-state index contributed by atoms with van der Waals surface area (Å²) < 4.78 is 37.5. The van der Waals surface area contributed by atoms with Crippen LogP contribution in [0.3, 0.4) is 0 Å². The summed E-state index contributed by atoms with van der Waals surface area (Å²) in [6.45, 7) is 1.77. The highest BCUT2D eigenvalue weighted by molar-refractivity contribution is 7.89. The molecule has 8 heteroatoms. The molecule has 0 fully saturated rings. The summed E-state index contributed by atoms with van der Waals surface area (Å²) in [4.78, 5) is -0.0711. The molecule has 0 aromatic heterocycles. The number of nitrogens with two attached hydrogens (primary N) is 1. The minimum absolute atomic E-state index is 0.0711. The number of anilines is 1. The molecule has 0 heterocycles. The zero-order chi connectivity index (χ0) is 13.9. The molecule has 0 aliphatic heterocycles. The maximum atomic E-state index is 12.0. The summed E-state index contributed by atoms with van der Waals surface area (Å²) >= 11 is 5.82. The molecule has 0 aliphatic carbocycles. The lowest BCUT2D eigenvalue weighted by Crippen LogP contribution is -2.32. The predicted octanol–water partition coefficient (Wildman–Crippen LogP) is 0.968. The van der Waals surface area contributed by atoms with Crippen molar-refractivity contribution in [2.45, 2.75) is 17.1 Å². The number of rotatable bonds is 5. The highest BCUT2D eigenvalue weighted by Crippen LogP contribution is 2.23. The Balaban J connectivity index is 2.93. The van der Waals surface area contributed by atoms with E-state index in [0.717, 1.165) is 0 Å². The quantitative estimate of drug-likeness (QED) is 0.793. The fourth-order valence-corrected chi connectivity index (χ4v) is 3.23. The first-order chi connectivity index (χ1) is 8.24. The summed E-state index contributed by atoms with van der Waals surface area (Å²) in [6.07, 6.45) is 1.52. The van der Waals surface area contributed by atoms with Crippen LogP contribution in [0.5, 0.6) is 0 Å². The largest absolute Gasteiger partial charge is 0.399 e. The van der Waals surface area contributed by atoms with Gasteiger partial charge < -0.3 is 5.73 Å². The lowest BCUT2D eigenvalue weighted by molar-refractivity contribution is 0.581. The van der Waals surface area contributed by atoms with E-state index in [1.807, 2.05) is 0 Å². The Morgan fingerprint density at radius 3 is 2.67 bits per heavy atom. The standard InChI is InChI=1S/C10H15ClN2O3S2/c1-7(17(2)14)6-13-18(15,16)10-5-8(12)3-4-9(10)11/h3-5,7,13H,6,12H2,1-2H3. The third-order valence-corrected chi connectivity index (χ3v) is 5.58. The van der Waals surface area contributed by atoms with Crippen LogP contribution in [0.4, 0.5) is 5.69 Å². The Bertz CT molecular complexity index is 560. The van der Waals surface area contributed by atoms with Crippen molar-refractivity contribution in [1.29, 1.82) is 0 Å². The van der Waals surface area contributed by atoms with E-state index >= 15 is 0 Å². The van der Waals surface area contributed by atoms with Crippen LogP contribution in [0, 0.1) is 0 Å². The van der Waals surface area contributed by atoms with Crippen molar-refractivity contribution >= 4 is 38.1 Å². The first-order valence-electron chi connectivity index (χ1n) is 5.11. The molecular weight excluding hydrogens is 296 g/mol. The van der Waals surface area contributed by atoms with Gasteiger partial charge >= 0.3 is 0 Å². The molecule has 18 heavy (non-hydrogen) atoms. The first-order valence-corrected chi connectivity index (χ1v) is 8.59. The summed E-state index contributed by atoms with van der Waals surface area (Å²) in [6, 6.07) is 4.23. The molecule has 0 amide bonds. The summed E-state index contributed by atoms with van der Waals surface area (Å²) in [5, 5.41) is -0.179. The molecule has 0 radical (unpaired) electrons. The van der Waals surface area contributed by atoms with Crippen LogP contribution in [-0.4, -0.2) is 30.7 Å². The van der Waals surface area contributed by atoms with Gasteiger partial charge in [-0.1, -0.05) is 11.6 Å². The van der Waals surface area contributed by atoms with Gasteiger partial charge in [0.25, 0.3) is 0 Å². The van der Waals surface area contributed by atoms with E-state index in [2.05, 4.69) is 4.72 Å². The minimum Gasteiger partial charge on any atom is -0.399 e. The van der Waals surface area contributed by atoms with Gasteiger partial charge in [-0.25, -0.2) is 13.1 Å². The molecule has 2 atom stereocenters. The number of sulfonamides is 1. The average Bonchev–Trinajstić information content (AvgIpc) is 2.29. The Morgan fingerprint density at radius 1 is 1.50 bits per heavy atom. The van der Waals surface area contributed by atoms with Gasteiger partial charge in [0.2, 0.25) is 10.0 Å². The van der Waals surface area contributed by atoms with Crippen molar-refractivity contribution in [3.05, 3.63) is 23.2 Å². The monoisotopic (exact) mass is 310 g/mol. The average molecular weight is 311 g/mol. The van der Waals surface area contributed by atoms with Crippen molar-refractivity contribution in [2.75, 3.05) is 18.5 Å². The molecule has 1 rings (SSSR count). The van der Waals surface area contributed by atoms with Gasteiger partial charge in [-0.05, 0) is 25.1 Å². The minimum atomic E-state index is -3.74. The molecule has 0 aliphatic rings. The maximum Gasteiger partial charge on any atom is 0.242 e. The molecule has 1 aromatic carbocycles. The smallest absolute Gasteiger partial charge is 0.242 e. The first kappa shape index (κ1) is 15.4. The number of benzene rings is 1. The summed E-state index contributed by atoms with van der Waals surface area (Å²) in [7, 11) is -4.83. The van der Waals surface area contributed by atoms with Crippen LogP contribution in [0.25, 0.3) is 0 Å².